The smallest absolute Gasteiger partial charge is 0.239 e. The molecule has 1 heterocycles. The summed E-state index contributed by atoms with van der Waals surface area (Å²) in [6, 6.07) is 13.8. The molecule has 186 valence electrons. The number of amides is 1. The van der Waals surface area contributed by atoms with Gasteiger partial charge in [-0.15, -0.1) is 0 Å². The lowest BCUT2D eigenvalue weighted by Crippen LogP contribution is -2.53. The molecule has 2 aromatic carbocycles. The van der Waals surface area contributed by atoms with Crippen molar-refractivity contribution < 1.29 is 28.2 Å². The lowest BCUT2D eigenvalue weighted by atomic mass is 9.87. The van der Waals surface area contributed by atoms with E-state index in [1.54, 1.807) is 6.07 Å². The van der Waals surface area contributed by atoms with Crippen LogP contribution in [-0.2, 0) is 14.8 Å². The fourth-order valence-electron chi connectivity index (χ4n) is 4.14. The van der Waals surface area contributed by atoms with Crippen LogP contribution >= 0.6 is 0 Å². The van der Waals surface area contributed by atoms with E-state index in [9.17, 15) is 18.3 Å². The molecule has 0 bridgehead atoms. The Hall–Kier alpha value is -2.46. The van der Waals surface area contributed by atoms with Crippen molar-refractivity contribution in [2.24, 2.45) is 5.73 Å². The number of benzene rings is 2. The van der Waals surface area contributed by atoms with Crippen molar-refractivity contribution in [3.05, 3.63) is 53.6 Å². The molecule has 4 N–H and O–H groups in total. The zero-order valence-corrected chi connectivity index (χ0v) is 20.7. The number of carbonyl (C=O) groups excluding carboxylic acids is 1. The number of rotatable bonds is 9. The van der Waals surface area contributed by atoms with E-state index in [2.05, 4.69) is 18.2 Å². The Morgan fingerprint density at radius 3 is 2.47 bits per heavy atom. The molecule has 9 heteroatoms. The Morgan fingerprint density at radius 2 is 1.88 bits per heavy atom. The highest BCUT2D eigenvalue weighted by Gasteiger charge is 2.45. The summed E-state index contributed by atoms with van der Waals surface area (Å²) >= 11 is 0. The number of aliphatic hydroxyl groups is 2. The lowest BCUT2D eigenvalue weighted by Gasteiger charge is -2.35. The number of ether oxygens (including phenoxy) is 1. The van der Waals surface area contributed by atoms with Gasteiger partial charge in [-0.25, -0.2) is 12.7 Å². The van der Waals surface area contributed by atoms with Crippen molar-refractivity contribution >= 4 is 15.9 Å². The summed E-state index contributed by atoms with van der Waals surface area (Å²) in [6.07, 6.45) is 0.417. The molecule has 0 saturated carbocycles. The van der Waals surface area contributed by atoms with Crippen LogP contribution in [0.4, 0.5) is 0 Å². The van der Waals surface area contributed by atoms with Crippen LogP contribution in [-0.4, -0.2) is 66.0 Å². The molecule has 0 unspecified atom stereocenters. The molecule has 1 atom stereocenters. The van der Waals surface area contributed by atoms with Crippen LogP contribution in [0.25, 0.3) is 11.1 Å². The Bertz CT molecular complexity index is 1120. The third-order valence-electron chi connectivity index (χ3n) is 6.55. The molecular weight excluding hydrogens is 456 g/mol. The largest absolute Gasteiger partial charge is 0.491 e. The third kappa shape index (κ3) is 5.43. The van der Waals surface area contributed by atoms with Crippen LogP contribution in [0.5, 0.6) is 5.75 Å². The number of sulfonamides is 1. The average molecular weight is 491 g/mol. The van der Waals surface area contributed by atoms with Crippen LogP contribution < -0.4 is 10.5 Å². The van der Waals surface area contributed by atoms with Gasteiger partial charge in [0, 0.05) is 13.1 Å². The molecule has 1 aliphatic rings. The van der Waals surface area contributed by atoms with Crippen LogP contribution in [0.3, 0.4) is 0 Å². The van der Waals surface area contributed by atoms with Gasteiger partial charge in [0.15, 0.2) is 4.75 Å². The lowest BCUT2D eigenvalue weighted by molar-refractivity contribution is -0.119. The van der Waals surface area contributed by atoms with E-state index >= 15 is 0 Å². The molecule has 1 fully saturated rings. The van der Waals surface area contributed by atoms with Crippen molar-refractivity contribution in [1.29, 1.82) is 0 Å². The second-order valence-electron chi connectivity index (χ2n) is 9.30. The Kier molecular flexibility index (Phi) is 8.02. The fraction of sp³-hybridized carbons (Fsp3) is 0.480. The van der Waals surface area contributed by atoms with Gasteiger partial charge in [0.1, 0.15) is 18.5 Å². The van der Waals surface area contributed by atoms with Crippen molar-refractivity contribution in [2.75, 3.05) is 26.3 Å². The normalized spacial score (nSPS) is 16.9. The Morgan fingerprint density at radius 1 is 1.21 bits per heavy atom. The molecule has 2 aromatic rings. The first-order valence-corrected chi connectivity index (χ1v) is 12.8. The maximum absolute atomic E-state index is 12.9. The molecule has 1 amide bonds. The molecular formula is C25H34N2O6S. The summed E-state index contributed by atoms with van der Waals surface area (Å²) in [6.45, 7) is 5.11. The number of primary amides is 1. The van der Waals surface area contributed by atoms with Crippen molar-refractivity contribution in [1.82, 2.24) is 4.31 Å². The van der Waals surface area contributed by atoms with Gasteiger partial charge in [-0.1, -0.05) is 30.3 Å². The first-order valence-electron chi connectivity index (χ1n) is 11.4. The number of piperidine rings is 1. The van der Waals surface area contributed by atoms with Crippen LogP contribution in [0.15, 0.2) is 42.5 Å². The van der Waals surface area contributed by atoms with Crippen molar-refractivity contribution in [2.45, 2.75) is 50.4 Å². The molecule has 34 heavy (non-hydrogen) atoms. The van der Waals surface area contributed by atoms with E-state index in [0.29, 0.717) is 31.7 Å². The Labute approximate surface area is 201 Å². The number of nitrogens with zero attached hydrogens (tertiary/aromatic N) is 1. The van der Waals surface area contributed by atoms with Crippen molar-refractivity contribution in [3.63, 3.8) is 0 Å². The number of hydrogen-bond acceptors (Lipinski definition) is 6. The number of carbonyl (C=O) groups is 1. The quantitative estimate of drug-likeness (QED) is 0.494. The monoisotopic (exact) mass is 490 g/mol. The maximum Gasteiger partial charge on any atom is 0.239 e. The standard InChI is InChI=1S/C25H34N2O6S/c1-17-13-19(18-9-11-27(12-10-18)34(31,32)25(2,3)24(26)30)7-8-23(17)20-5-4-6-22(14-20)33-16-21(29)15-28/h4-8,13-14,18,21,28-29H,9-12,15-16H2,1-3H3,(H2,26,30)/t21-/m1/s1. The summed E-state index contributed by atoms with van der Waals surface area (Å²) in [4.78, 5) is 11.7. The highest BCUT2D eigenvalue weighted by molar-refractivity contribution is 7.91. The predicted octanol–water partition coefficient (Wildman–Crippen LogP) is 2.17. The van der Waals surface area contributed by atoms with Gasteiger partial charge < -0.3 is 20.7 Å². The van der Waals surface area contributed by atoms with E-state index < -0.39 is 26.8 Å². The maximum atomic E-state index is 12.9. The van der Waals surface area contributed by atoms with Crippen LogP contribution in [0.1, 0.15) is 43.7 Å². The van der Waals surface area contributed by atoms with Gasteiger partial charge in [0.2, 0.25) is 15.9 Å². The Balaban J connectivity index is 1.71. The highest BCUT2D eigenvalue weighted by atomic mass is 32.2. The number of nitrogens with two attached hydrogens (primary N) is 1. The summed E-state index contributed by atoms with van der Waals surface area (Å²) in [5, 5.41) is 18.4. The minimum absolute atomic E-state index is 0.0168. The molecule has 1 aliphatic heterocycles. The average Bonchev–Trinajstić information content (AvgIpc) is 2.82. The molecule has 0 aromatic heterocycles. The highest BCUT2D eigenvalue weighted by Crippen LogP contribution is 2.35. The van der Waals surface area contributed by atoms with E-state index in [1.807, 2.05) is 25.1 Å². The fourth-order valence-corrected chi connectivity index (χ4v) is 5.73. The molecule has 3 rings (SSSR count). The molecule has 8 nitrogen and oxygen atoms in total. The van der Waals surface area contributed by atoms with Crippen molar-refractivity contribution in [3.8, 4) is 16.9 Å². The van der Waals surface area contributed by atoms with Crippen LogP contribution in [0.2, 0.25) is 0 Å². The second-order valence-corrected chi connectivity index (χ2v) is 11.8. The SMILES string of the molecule is Cc1cc(C2CCN(S(=O)(=O)C(C)(C)C(N)=O)CC2)ccc1-c1cccc(OC[C@H](O)CO)c1. The topological polar surface area (TPSA) is 130 Å². The summed E-state index contributed by atoms with van der Waals surface area (Å²) in [7, 11) is -3.82. The second kappa shape index (κ2) is 10.4. The molecule has 0 aliphatic carbocycles. The number of aliphatic hydroxyl groups excluding tert-OH is 2. The predicted molar refractivity (Wildman–Crippen MR) is 131 cm³/mol. The summed E-state index contributed by atoms with van der Waals surface area (Å²) in [5.74, 6) is -0.00801. The first kappa shape index (κ1) is 26.2. The molecule has 0 radical (unpaired) electrons. The first-order chi connectivity index (χ1) is 16.0. The van der Waals surface area contributed by atoms with E-state index in [4.69, 9.17) is 15.6 Å². The zero-order valence-electron chi connectivity index (χ0n) is 19.9. The van der Waals surface area contributed by atoms with Crippen LogP contribution in [0, 0.1) is 6.92 Å². The third-order valence-corrected chi connectivity index (χ3v) is 9.09. The molecule has 0 spiro atoms. The number of aryl methyl sites for hydroxylation is 1. The zero-order chi connectivity index (χ0) is 25.1. The van der Waals surface area contributed by atoms with Gasteiger partial charge in [0.05, 0.1) is 6.61 Å². The van der Waals surface area contributed by atoms with Gasteiger partial charge in [0.25, 0.3) is 0 Å². The summed E-state index contributed by atoms with van der Waals surface area (Å²) < 4.78 is 31.0. The summed E-state index contributed by atoms with van der Waals surface area (Å²) in [5.41, 5.74) is 9.62. The van der Waals surface area contributed by atoms with E-state index in [-0.39, 0.29) is 19.1 Å². The van der Waals surface area contributed by atoms with Gasteiger partial charge in [-0.3, -0.25) is 4.79 Å². The van der Waals surface area contributed by atoms with E-state index in [1.165, 1.54) is 18.2 Å². The van der Waals surface area contributed by atoms with Gasteiger partial charge in [-0.2, -0.15) is 0 Å². The van der Waals surface area contributed by atoms with Gasteiger partial charge >= 0.3 is 0 Å². The number of hydrogen-bond donors (Lipinski definition) is 3. The minimum Gasteiger partial charge on any atom is -0.491 e. The van der Waals surface area contributed by atoms with E-state index in [0.717, 1.165) is 22.3 Å². The molecule has 1 saturated heterocycles. The minimum atomic E-state index is -3.82. The van der Waals surface area contributed by atoms with Gasteiger partial charge in [-0.05, 0) is 73.9 Å².